The van der Waals surface area contributed by atoms with Gasteiger partial charge in [-0.25, -0.2) is 0 Å². The van der Waals surface area contributed by atoms with Crippen molar-refractivity contribution < 1.29 is 17.9 Å². The van der Waals surface area contributed by atoms with Crippen LogP contribution in [-0.4, -0.2) is 35.5 Å². The molecule has 2 aromatic rings. The molecule has 24 heavy (non-hydrogen) atoms. The molecule has 0 radical (unpaired) electrons. The molecule has 0 aromatic heterocycles. The lowest BCUT2D eigenvalue weighted by Crippen LogP contribution is -2.21. The number of hydrogen-bond donors (Lipinski definition) is 0. The smallest absolute Gasteiger partial charge is 0.283 e. The Bertz CT molecular complexity index is 784. The van der Waals surface area contributed by atoms with E-state index in [0.717, 1.165) is 11.4 Å². The molecule has 2 rings (SSSR count). The van der Waals surface area contributed by atoms with E-state index in [-0.39, 0.29) is 4.90 Å². The molecule has 0 atom stereocenters. The fraction of sp³-hybridized carbons (Fsp3) is 0.235. The summed E-state index contributed by atoms with van der Waals surface area (Å²) in [5.74, 6) is 1.32. The highest BCUT2D eigenvalue weighted by Gasteiger charge is 2.12. The third-order valence-corrected chi connectivity index (χ3v) is 4.67. The van der Waals surface area contributed by atoms with Gasteiger partial charge in [-0.15, -0.1) is 4.40 Å². The fourth-order valence-electron chi connectivity index (χ4n) is 2.03. The van der Waals surface area contributed by atoms with Crippen LogP contribution in [0.2, 0.25) is 0 Å². The minimum atomic E-state index is -3.76. The van der Waals surface area contributed by atoms with Gasteiger partial charge in [0.05, 0.1) is 19.1 Å². The van der Waals surface area contributed by atoms with Crippen LogP contribution in [0.5, 0.6) is 11.5 Å². The Morgan fingerprint density at radius 2 is 1.46 bits per heavy atom. The fourth-order valence-corrected chi connectivity index (χ4v) is 2.87. The average molecular weight is 348 g/mol. The number of hydrogen-bond acceptors (Lipinski definition) is 4. The first-order valence-corrected chi connectivity index (χ1v) is 8.79. The zero-order valence-electron chi connectivity index (χ0n) is 13.8. The molecule has 7 heteroatoms. The van der Waals surface area contributed by atoms with E-state index in [0.29, 0.717) is 12.3 Å². The molecule has 0 aliphatic heterocycles. The van der Waals surface area contributed by atoms with Crippen LogP contribution < -0.4 is 14.4 Å². The highest BCUT2D eigenvalue weighted by atomic mass is 32.2. The van der Waals surface area contributed by atoms with Crippen molar-refractivity contribution in [1.29, 1.82) is 0 Å². The molecule has 0 fully saturated rings. The summed E-state index contributed by atoms with van der Waals surface area (Å²) in [5.41, 5.74) is 0.826. The zero-order chi connectivity index (χ0) is 17.6. The predicted molar refractivity (Wildman–Crippen MR) is 94.7 cm³/mol. The van der Waals surface area contributed by atoms with Crippen molar-refractivity contribution in [2.45, 2.75) is 11.8 Å². The standard InChI is InChI=1S/C17H20N2O4S/c1-4-19(14-5-7-15(22-2)8-6-14)13-18-24(20,21)17-11-9-16(23-3)10-12-17/h5-13H,4H2,1-3H3/b18-13+. The molecule has 2 aromatic carbocycles. The van der Waals surface area contributed by atoms with E-state index < -0.39 is 10.0 Å². The van der Waals surface area contributed by atoms with E-state index in [4.69, 9.17) is 9.47 Å². The van der Waals surface area contributed by atoms with Crippen LogP contribution >= 0.6 is 0 Å². The monoisotopic (exact) mass is 348 g/mol. The SMILES string of the molecule is CCN(/C=N/S(=O)(=O)c1ccc(OC)cc1)c1ccc(OC)cc1. The first-order valence-electron chi connectivity index (χ1n) is 7.35. The van der Waals surface area contributed by atoms with Crippen molar-refractivity contribution in [2.24, 2.45) is 4.40 Å². The van der Waals surface area contributed by atoms with Crippen molar-refractivity contribution in [2.75, 3.05) is 25.7 Å². The Morgan fingerprint density at radius 3 is 1.92 bits per heavy atom. The molecule has 0 amide bonds. The van der Waals surface area contributed by atoms with E-state index in [2.05, 4.69) is 4.40 Å². The summed E-state index contributed by atoms with van der Waals surface area (Å²) in [6.07, 6.45) is 1.32. The molecular weight excluding hydrogens is 328 g/mol. The molecular formula is C17H20N2O4S. The zero-order valence-corrected chi connectivity index (χ0v) is 14.7. The van der Waals surface area contributed by atoms with Crippen molar-refractivity contribution >= 4 is 22.0 Å². The highest BCUT2D eigenvalue weighted by Crippen LogP contribution is 2.20. The van der Waals surface area contributed by atoms with Gasteiger partial charge in [0.25, 0.3) is 10.0 Å². The second-order valence-electron chi connectivity index (χ2n) is 4.86. The Morgan fingerprint density at radius 1 is 0.958 bits per heavy atom. The minimum absolute atomic E-state index is 0.116. The van der Waals surface area contributed by atoms with Gasteiger partial charge in [0.1, 0.15) is 17.8 Å². The number of ether oxygens (including phenoxy) is 2. The van der Waals surface area contributed by atoms with Crippen LogP contribution in [0.4, 0.5) is 5.69 Å². The molecule has 0 N–H and O–H groups in total. The lowest BCUT2D eigenvalue weighted by atomic mass is 10.3. The number of benzene rings is 2. The van der Waals surface area contributed by atoms with Gasteiger partial charge >= 0.3 is 0 Å². The molecule has 0 saturated carbocycles. The summed E-state index contributed by atoms with van der Waals surface area (Å²) in [4.78, 5) is 1.85. The van der Waals surface area contributed by atoms with Crippen molar-refractivity contribution in [3.05, 3.63) is 48.5 Å². The lowest BCUT2D eigenvalue weighted by molar-refractivity contribution is 0.414. The summed E-state index contributed by atoms with van der Waals surface area (Å²) in [5, 5.41) is 0. The van der Waals surface area contributed by atoms with Crippen LogP contribution in [0, 0.1) is 0 Å². The third-order valence-electron chi connectivity index (χ3n) is 3.43. The van der Waals surface area contributed by atoms with E-state index in [1.807, 2.05) is 31.2 Å². The molecule has 0 aliphatic carbocycles. The van der Waals surface area contributed by atoms with Gasteiger partial charge in [0.2, 0.25) is 0 Å². The molecule has 0 heterocycles. The Hall–Kier alpha value is -2.54. The number of anilines is 1. The van der Waals surface area contributed by atoms with Crippen molar-refractivity contribution in [3.63, 3.8) is 0 Å². The molecule has 0 bridgehead atoms. The van der Waals surface area contributed by atoms with E-state index in [1.54, 1.807) is 24.1 Å². The second-order valence-corrected chi connectivity index (χ2v) is 6.49. The largest absolute Gasteiger partial charge is 0.497 e. The van der Waals surface area contributed by atoms with Crippen LogP contribution in [-0.2, 0) is 10.0 Å². The molecule has 0 aliphatic rings. The summed E-state index contributed by atoms with van der Waals surface area (Å²) < 4.78 is 38.5. The molecule has 0 saturated heterocycles. The molecule has 0 spiro atoms. The maximum absolute atomic E-state index is 12.3. The van der Waals surface area contributed by atoms with E-state index in [1.165, 1.54) is 25.6 Å². The van der Waals surface area contributed by atoms with E-state index in [9.17, 15) is 8.42 Å². The van der Waals surface area contributed by atoms with Gasteiger partial charge < -0.3 is 14.4 Å². The van der Waals surface area contributed by atoms with Gasteiger partial charge in [-0.1, -0.05) is 0 Å². The number of methoxy groups -OCH3 is 2. The van der Waals surface area contributed by atoms with Crippen LogP contribution in [0.3, 0.4) is 0 Å². The van der Waals surface area contributed by atoms with Gasteiger partial charge in [0.15, 0.2) is 0 Å². The van der Waals surface area contributed by atoms with Crippen LogP contribution in [0.1, 0.15) is 6.92 Å². The van der Waals surface area contributed by atoms with Gasteiger partial charge in [-0.05, 0) is 55.5 Å². The first kappa shape index (κ1) is 17.8. The number of sulfonamides is 1. The lowest BCUT2D eigenvalue weighted by Gasteiger charge is -2.17. The Labute approximate surface area is 142 Å². The quantitative estimate of drug-likeness (QED) is 0.568. The number of nitrogens with zero attached hydrogens (tertiary/aromatic N) is 2. The van der Waals surface area contributed by atoms with Crippen molar-refractivity contribution in [3.8, 4) is 11.5 Å². The molecule has 128 valence electrons. The summed E-state index contributed by atoms with van der Waals surface area (Å²) in [7, 11) is -0.648. The number of rotatable bonds is 7. The van der Waals surface area contributed by atoms with Gasteiger partial charge in [0, 0.05) is 12.2 Å². The Balaban J connectivity index is 2.21. The topological polar surface area (TPSA) is 68.2 Å². The maximum atomic E-state index is 12.3. The summed E-state index contributed by atoms with van der Waals surface area (Å²) in [6.45, 7) is 2.49. The molecule has 6 nitrogen and oxygen atoms in total. The third kappa shape index (κ3) is 4.26. The minimum Gasteiger partial charge on any atom is -0.497 e. The van der Waals surface area contributed by atoms with E-state index >= 15 is 0 Å². The highest BCUT2D eigenvalue weighted by molar-refractivity contribution is 7.90. The van der Waals surface area contributed by atoms with Gasteiger partial charge in [-0.3, -0.25) is 0 Å². The molecule has 0 unspecified atom stereocenters. The van der Waals surface area contributed by atoms with Crippen LogP contribution in [0.25, 0.3) is 0 Å². The summed E-state index contributed by atoms with van der Waals surface area (Å²) >= 11 is 0. The average Bonchev–Trinajstić information content (AvgIpc) is 2.62. The second kappa shape index (κ2) is 7.83. The summed E-state index contributed by atoms with van der Waals surface area (Å²) in [6, 6.07) is 13.4. The van der Waals surface area contributed by atoms with Crippen LogP contribution in [0.15, 0.2) is 57.8 Å². The maximum Gasteiger partial charge on any atom is 0.283 e. The first-order chi connectivity index (χ1) is 11.5. The van der Waals surface area contributed by atoms with Gasteiger partial charge in [-0.2, -0.15) is 8.42 Å². The van der Waals surface area contributed by atoms with Crippen molar-refractivity contribution in [1.82, 2.24) is 0 Å². The normalized spacial score (nSPS) is 11.5. The predicted octanol–water partition coefficient (Wildman–Crippen LogP) is 2.95. The Kier molecular flexibility index (Phi) is 5.81.